The summed E-state index contributed by atoms with van der Waals surface area (Å²) in [5.74, 6) is -0.529. The van der Waals surface area contributed by atoms with Crippen LogP contribution in [0.1, 0.15) is 18.6 Å². The molecule has 0 heterocycles. The van der Waals surface area contributed by atoms with Gasteiger partial charge in [0.25, 0.3) is 0 Å². The summed E-state index contributed by atoms with van der Waals surface area (Å²) in [6.07, 6.45) is -2.27. The summed E-state index contributed by atoms with van der Waals surface area (Å²) >= 11 is 0. The Hall–Kier alpha value is -1.86. The van der Waals surface area contributed by atoms with Crippen molar-refractivity contribution in [1.82, 2.24) is 0 Å². The SMILES string of the molecule is CC(=O)O[C@@H](c1ccccc1)[C@H](O)C#N. The molecule has 78 valence electrons. The molecule has 1 aromatic carbocycles. The van der Waals surface area contributed by atoms with Crippen LogP contribution in [0.2, 0.25) is 0 Å². The first-order valence-corrected chi connectivity index (χ1v) is 4.45. The van der Waals surface area contributed by atoms with E-state index in [9.17, 15) is 9.90 Å². The molecule has 0 saturated heterocycles. The van der Waals surface area contributed by atoms with Crippen LogP contribution in [0, 0.1) is 11.3 Å². The normalized spacial score (nSPS) is 13.7. The lowest BCUT2D eigenvalue weighted by Crippen LogP contribution is -2.21. The highest BCUT2D eigenvalue weighted by molar-refractivity contribution is 5.66. The molecule has 4 heteroatoms. The highest BCUT2D eigenvalue weighted by Crippen LogP contribution is 2.20. The quantitative estimate of drug-likeness (QED) is 0.594. The minimum absolute atomic E-state index is 0.529. The first kappa shape index (κ1) is 11.2. The molecule has 0 radical (unpaired) electrons. The van der Waals surface area contributed by atoms with Crippen LogP contribution in [0.4, 0.5) is 0 Å². The second-order valence-corrected chi connectivity index (χ2v) is 3.01. The molecule has 0 amide bonds. The van der Waals surface area contributed by atoms with Crippen LogP contribution >= 0.6 is 0 Å². The van der Waals surface area contributed by atoms with Crippen molar-refractivity contribution in [3.63, 3.8) is 0 Å². The zero-order valence-electron chi connectivity index (χ0n) is 8.25. The van der Waals surface area contributed by atoms with Gasteiger partial charge in [0.15, 0.2) is 12.2 Å². The van der Waals surface area contributed by atoms with Crippen LogP contribution < -0.4 is 0 Å². The fourth-order valence-corrected chi connectivity index (χ4v) is 1.20. The third-order valence-corrected chi connectivity index (χ3v) is 1.84. The van der Waals surface area contributed by atoms with E-state index in [0.717, 1.165) is 0 Å². The Kier molecular flexibility index (Phi) is 3.83. The van der Waals surface area contributed by atoms with E-state index in [-0.39, 0.29) is 0 Å². The smallest absolute Gasteiger partial charge is 0.303 e. The van der Waals surface area contributed by atoms with Gasteiger partial charge in [0.1, 0.15) is 0 Å². The second kappa shape index (κ2) is 5.13. The lowest BCUT2D eigenvalue weighted by Gasteiger charge is -2.18. The highest BCUT2D eigenvalue weighted by Gasteiger charge is 2.23. The van der Waals surface area contributed by atoms with Crippen LogP contribution in [-0.2, 0) is 9.53 Å². The molecule has 4 nitrogen and oxygen atoms in total. The summed E-state index contributed by atoms with van der Waals surface area (Å²) in [6.45, 7) is 1.24. The number of ether oxygens (including phenoxy) is 1. The Balaban J connectivity index is 2.92. The Morgan fingerprint density at radius 2 is 2.07 bits per heavy atom. The fourth-order valence-electron chi connectivity index (χ4n) is 1.20. The van der Waals surface area contributed by atoms with Crippen molar-refractivity contribution >= 4 is 5.97 Å². The number of esters is 1. The van der Waals surface area contributed by atoms with Gasteiger partial charge in [-0.2, -0.15) is 5.26 Å². The first-order valence-electron chi connectivity index (χ1n) is 4.45. The van der Waals surface area contributed by atoms with Gasteiger partial charge in [0.2, 0.25) is 0 Å². The van der Waals surface area contributed by atoms with Crippen LogP contribution in [0.15, 0.2) is 30.3 Å². The van der Waals surface area contributed by atoms with Gasteiger partial charge >= 0.3 is 5.97 Å². The summed E-state index contributed by atoms with van der Waals surface area (Å²) in [5.41, 5.74) is 0.599. The lowest BCUT2D eigenvalue weighted by atomic mass is 10.1. The molecular weight excluding hydrogens is 194 g/mol. The molecule has 15 heavy (non-hydrogen) atoms. The lowest BCUT2D eigenvalue weighted by molar-refractivity contribution is -0.150. The van der Waals surface area contributed by atoms with E-state index in [1.54, 1.807) is 36.4 Å². The molecular formula is C11H11NO3. The maximum absolute atomic E-state index is 10.8. The standard InChI is InChI=1S/C11H11NO3/c1-8(13)15-11(10(14)7-12)9-5-3-2-4-6-9/h2-6,10-11,14H,1H3/t10-,11+/m1/s1. The number of carbonyl (C=O) groups is 1. The van der Waals surface area contributed by atoms with Crippen LogP contribution in [-0.4, -0.2) is 17.2 Å². The highest BCUT2D eigenvalue weighted by atomic mass is 16.6. The summed E-state index contributed by atoms with van der Waals surface area (Å²) in [6, 6.07) is 10.3. The zero-order valence-corrected chi connectivity index (χ0v) is 8.25. The van der Waals surface area contributed by atoms with E-state index in [2.05, 4.69) is 0 Å². The molecule has 0 bridgehead atoms. The molecule has 2 atom stereocenters. The number of hydrogen-bond donors (Lipinski definition) is 1. The van der Waals surface area contributed by atoms with E-state index in [0.29, 0.717) is 5.56 Å². The van der Waals surface area contributed by atoms with Gasteiger partial charge in [-0.1, -0.05) is 30.3 Å². The minimum Gasteiger partial charge on any atom is -0.454 e. The van der Waals surface area contributed by atoms with Crippen LogP contribution in [0.3, 0.4) is 0 Å². The molecule has 1 rings (SSSR count). The average molecular weight is 205 g/mol. The van der Waals surface area contributed by atoms with Gasteiger partial charge in [-0.25, -0.2) is 0 Å². The zero-order chi connectivity index (χ0) is 11.3. The maximum Gasteiger partial charge on any atom is 0.303 e. The van der Waals surface area contributed by atoms with Gasteiger partial charge < -0.3 is 9.84 Å². The number of rotatable bonds is 3. The molecule has 0 unspecified atom stereocenters. The minimum atomic E-state index is -1.35. The average Bonchev–Trinajstić information content (AvgIpc) is 2.26. The Bertz CT molecular complexity index is 369. The molecule has 0 aliphatic heterocycles. The van der Waals surface area contributed by atoms with E-state index >= 15 is 0 Å². The van der Waals surface area contributed by atoms with Gasteiger partial charge in [-0.15, -0.1) is 0 Å². The van der Waals surface area contributed by atoms with Gasteiger partial charge in [0, 0.05) is 6.92 Å². The number of carbonyl (C=O) groups excluding carboxylic acids is 1. The number of aliphatic hydroxyl groups is 1. The Morgan fingerprint density at radius 1 is 1.47 bits per heavy atom. The van der Waals surface area contributed by atoms with E-state index < -0.39 is 18.2 Å². The molecule has 1 aromatic rings. The topological polar surface area (TPSA) is 70.3 Å². The third-order valence-electron chi connectivity index (χ3n) is 1.84. The maximum atomic E-state index is 10.8. The predicted molar refractivity (Wildman–Crippen MR) is 52.6 cm³/mol. The molecule has 1 N–H and O–H groups in total. The number of nitriles is 1. The Morgan fingerprint density at radius 3 is 2.53 bits per heavy atom. The number of hydrogen-bond acceptors (Lipinski definition) is 4. The molecule has 0 spiro atoms. The van der Waals surface area contributed by atoms with Gasteiger partial charge in [-0.3, -0.25) is 4.79 Å². The number of benzene rings is 1. The van der Waals surface area contributed by atoms with Crippen molar-refractivity contribution in [3.05, 3.63) is 35.9 Å². The van der Waals surface area contributed by atoms with Crippen LogP contribution in [0.25, 0.3) is 0 Å². The van der Waals surface area contributed by atoms with Crippen molar-refractivity contribution in [2.75, 3.05) is 0 Å². The fraction of sp³-hybridized carbons (Fsp3) is 0.273. The van der Waals surface area contributed by atoms with Crippen molar-refractivity contribution in [2.24, 2.45) is 0 Å². The van der Waals surface area contributed by atoms with Crippen molar-refractivity contribution < 1.29 is 14.6 Å². The molecule has 0 aliphatic carbocycles. The van der Waals surface area contributed by atoms with Crippen molar-refractivity contribution in [3.8, 4) is 6.07 Å². The number of aliphatic hydroxyl groups excluding tert-OH is 1. The Labute approximate surface area is 87.7 Å². The molecule has 0 fully saturated rings. The molecule has 0 saturated carbocycles. The molecule has 0 aromatic heterocycles. The summed E-state index contributed by atoms with van der Waals surface area (Å²) in [7, 11) is 0. The summed E-state index contributed by atoms with van der Waals surface area (Å²) in [4.78, 5) is 10.8. The first-order chi connectivity index (χ1) is 7.15. The number of nitrogens with zero attached hydrogens (tertiary/aromatic N) is 1. The third kappa shape index (κ3) is 3.08. The van der Waals surface area contributed by atoms with Crippen molar-refractivity contribution in [2.45, 2.75) is 19.1 Å². The largest absolute Gasteiger partial charge is 0.454 e. The van der Waals surface area contributed by atoms with Crippen LogP contribution in [0.5, 0.6) is 0 Å². The summed E-state index contributed by atoms with van der Waals surface area (Å²) in [5, 5.41) is 18.0. The van der Waals surface area contributed by atoms with Gasteiger partial charge in [0.05, 0.1) is 6.07 Å². The monoisotopic (exact) mass is 205 g/mol. The second-order valence-electron chi connectivity index (χ2n) is 3.01. The summed E-state index contributed by atoms with van der Waals surface area (Å²) < 4.78 is 4.88. The molecule has 0 aliphatic rings. The van der Waals surface area contributed by atoms with Gasteiger partial charge in [-0.05, 0) is 5.56 Å². The van der Waals surface area contributed by atoms with E-state index in [4.69, 9.17) is 10.00 Å². The van der Waals surface area contributed by atoms with E-state index in [1.807, 2.05) is 0 Å². The van der Waals surface area contributed by atoms with Crippen molar-refractivity contribution in [1.29, 1.82) is 5.26 Å². The van der Waals surface area contributed by atoms with E-state index in [1.165, 1.54) is 6.92 Å². The predicted octanol–water partition coefficient (Wildman–Crippen LogP) is 1.18.